The predicted molar refractivity (Wildman–Crippen MR) is 91.1 cm³/mol. The molecule has 1 saturated carbocycles. The van der Waals surface area contributed by atoms with Gasteiger partial charge >= 0.3 is 5.82 Å². The molecule has 0 aromatic carbocycles. The number of carbonyl (C=O) groups is 1. The Hall–Kier alpha value is -2.94. The van der Waals surface area contributed by atoms with Crippen LogP contribution >= 0.6 is 11.6 Å². The minimum Gasteiger partial charge on any atom is -0.452 e. The van der Waals surface area contributed by atoms with E-state index in [1.165, 1.54) is 25.5 Å². The minimum atomic E-state index is -0.639. The van der Waals surface area contributed by atoms with Gasteiger partial charge in [-0.1, -0.05) is 11.6 Å². The molecule has 3 rings (SSSR count). The molecular weight excluding hydrogens is 350 g/mol. The zero-order chi connectivity index (χ0) is 18.0. The van der Waals surface area contributed by atoms with Crippen molar-refractivity contribution >= 4 is 34.8 Å². The van der Waals surface area contributed by atoms with E-state index in [0.717, 1.165) is 12.8 Å². The number of nitrogens with zero attached hydrogens (tertiary/aromatic N) is 3. The lowest BCUT2D eigenvalue weighted by Crippen LogP contribution is -2.14. The second kappa shape index (κ2) is 6.89. The van der Waals surface area contributed by atoms with Gasteiger partial charge in [0, 0.05) is 25.2 Å². The lowest BCUT2D eigenvalue weighted by atomic mass is 10.3. The summed E-state index contributed by atoms with van der Waals surface area (Å²) in [6, 6.07) is 3.11. The van der Waals surface area contributed by atoms with Crippen molar-refractivity contribution in [3.63, 3.8) is 0 Å². The van der Waals surface area contributed by atoms with Crippen LogP contribution in [0.2, 0.25) is 5.02 Å². The van der Waals surface area contributed by atoms with Crippen LogP contribution in [0.4, 0.5) is 17.3 Å². The third-order valence-corrected chi connectivity index (χ3v) is 3.92. The molecule has 0 saturated heterocycles. The number of hydrogen-bond donors (Lipinski definition) is 2. The molecule has 1 fully saturated rings. The largest absolute Gasteiger partial charge is 0.452 e. The fourth-order valence-electron chi connectivity index (χ4n) is 2.14. The maximum absolute atomic E-state index is 11.8. The Kier molecular flexibility index (Phi) is 4.66. The number of hydrogen-bond acceptors (Lipinski definition) is 7. The molecule has 25 heavy (non-hydrogen) atoms. The van der Waals surface area contributed by atoms with E-state index >= 15 is 0 Å². The summed E-state index contributed by atoms with van der Waals surface area (Å²) in [6.45, 7) is 0. The number of carbonyl (C=O) groups excluding carboxylic acids is 1. The molecule has 0 aliphatic heterocycles. The smallest absolute Gasteiger partial charge is 0.388 e. The number of nitrogens with one attached hydrogen (secondary N) is 2. The highest BCUT2D eigenvalue weighted by atomic mass is 35.5. The van der Waals surface area contributed by atoms with Crippen LogP contribution in [0.15, 0.2) is 24.5 Å². The molecule has 2 aromatic rings. The molecule has 0 radical (unpaired) electrons. The lowest BCUT2D eigenvalue weighted by Gasteiger charge is -2.10. The molecule has 2 N–H and O–H groups in total. The van der Waals surface area contributed by atoms with E-state index < -0.39 is 10.7 Å². The van der Waals surface area contributed by atoms with Gasteiger partial charge in [-0.2, -0.15) is 0 Å². The van der Waals surface area contributed by atoms with Crippen molar-refractivity contribution in [2.45, 2.75) is 12.8 Å². The highest BCUT2D eigenvalue weighted by Gasteiger charge is 2.30. The summed E-state index contributed by atoms with van der Waals surface area (Å²) in [5, 5.41) is 16.4. The van der Waals surface area contributed by atoms with Gasteiger partial charge in [-0.15, -0.1) is 0 Å². The van der Waals surface area contributed by atoms with Gasteiger partial charge in [-0.3, -0.25) is 4.79 Å². The molecule has 0 unspecified atom stereocenters. The fraction of sp³-hybridized carbons (Fsp3) is 0.267. The quantitative estimate of drug-likeness (QED) is 0.597. The van der Waals surface area contributed by atoms with Gasteiger partial charge in [-0.25, -0.2) is 4.98 Å². The molecule has 0 atom stereocenters. The van der Waals surface area contributed by atoms with Gasteiger partial charge in [0.2, 0.25) is 5.91 Å². The number of ether oxygens (including phenoxy) is 1. The van der Waals surface area contributed by atoms with E-state index in [9.17, 15) is 14.9 Å². The predicted octanol–water partition coefficient (Wildman–Crippen LogP) is 3.22. The summed E-state index contributed by atoms with van der Waals surface area (Å²) < 4.78 is 5.64. The standard InChI is InChI=1S/C15H14ClN5O4/c1-17-13-12(16)10(7-19-14(13)21(23)24)25-9-4-5-18-11(6-9)20-15(22)8-2-3-8/h4-8,17H,2-3H2,1H3,(H,18,20,22). The number of aromatic nitrogens is 2. The van der Waals surface area contributed by atoms with Crippen molar-refractivity contribution in [1.29, 1.82) is 0 Å². The van der Waals surface area contributed by atoms with E-state index in [0.29, 0.717) is 11.6 Å². The van der Waals surface area contributed by atoms with Gasteiger partial charge in [-0.05, 0) is 28.8 Å². The van der Waals surface area contributed by atoms with Crippen LogP contribution in [-0.2, 0) is 4.79 Å². The number of halogens is 1. The molecule has 2 heterocycles. The minimum absolute atomic E-state index is 0.0320. The zero-order valence-electron chi connectivity index (χ0n) is 13.2. The first-order chi connectivity index (χ1) is 12.0. The SMILES string of the molecule is CNc1c([N+](=O)[O-])ncc(Oc2ccnc(NC(=O)C3CC3)c2)c1Cl. The molecule has 0 spiro atoms. The molecule has 9 nitrogen and oxygen atoms in total. The van der Waals surface area contributed by atoms with Crippen molar-refractivity contribution in [1.82, 2.24) is 9.97 Å². The van der Waals surface area contributed by atoms with Gasteiger partial charge in [0.1, 0.15) is 16.6 Å². The third-order valence-electron chi connectivity index (χ3n) is 3.55. The Balaban J connectivity index is 1.82. The van der Waals surface area contributed by atoms with Crippen LogP contribution < -0.4 is 15.4 Å². The molecular formula is C15H14ClN5O4. The highest BCUT2D eigenvalue weighted by molar-refractivity contribution is 6.35. The Morgan fingerprint density at radius 3 is 2.84 bits per heavy atom. The molecule has 1 aliphatic carbocycles. The van der Waals surface area contributed by atoms with Crippen molar-refractivity contribution in [2.75, 3.05) is 17.7 Å². The topological polar surface area (TPSA) is 119 Å². The molecule has 1 amide bonds. The Bertz CT molecular complexity index is 841. The molecule has 1 aliphatic rings. The Morgan fingerprint density at radius 1 is 1.44 bits per heavy atom. The summed E-state index contributed by atoms with van der Waals surface area (Å²) in [7, 11) is 1.50. The number of rotatable bonds is 6. The highest BCUT2D eigenvalue weighted by Crippen LogP contribution is 2.39. The maximum Gasteiger partial charge on any atom is 0.388 e. The monoisotopic (exact) mass is 363 g/mol. The Labute approximate surface area is 147 Å². The van der Waals surface area contributed by atoms with Crippen LogP contribution in [0.25, 0.3) is 0 Å². The van der Waals surface area contributed by atoms with Gasteiger partial charge < -0.3 is 25.5 Å². The zero-order valence-corrected chi connectivity index (χ0v) is 13.9. The molecule has 0 bridgehead atoms. The van der Waals surface area contributed by atoms with E-state index in [2.05, 4.69) is 20.6 Å². The summed E-state index contributed by atoms with van der Waals surface area (Å²) in [6.07, 6.45) is 4.42. The van der Waals surface area contributed by atoms with Gasteiger partial charge in [0.15, 0.2) is 17.6 Å². The second-order valence-corrected chi connectivity index (χ2v) is 5.76. The van der Waals surface area contributed by atoms with Gasteiger partial charge in [0.25, 0.3) is 0 Å². The average Bonchev–Trinajstić information content (AvgIpc) is 3.41. The van der Waals surface area contributed by atoms with Crippen molar-refractivity contribution in [3.8, 4) is 11.5 Å². The van der Waals surface area contributed by atoms with E-state index in [1.54, 1.807) is 6.07 Å². The lowest BCUT2D eigenvalue weighted by molar-refractivity contribution is -0.388. The maximum atomic E-state index is 11.8. The third kappa shape index (κ3) is 3.77. The number of pyridine rings is 2. The van der Waals surface area contributed by atoms with Crippen LogP contribution in [0.3, 0.4) is 0 Å². The normalized spacial score (nSPS) is 13.2. The number of anilines is 2. The van der Waals surface area contributed by atoms with E-state index in [1.807, 2.05) is 0 Å². The summed E-state index contributed by atoms with van der Waals surface area (Å²) >= 11 is 6.16. The first-order valence-electron chi connectivity index (χ1n) is 7.45. The molecule has 130 valence electrons. The van der Waals surface area contributed by atoms with Crippen LogP contribution in [0.5, 0.6) is 11.5 Å². The summed E-state index contributed by atoms with van der Waals surface area (Å²) in [4.78, 5) is 29.9. The first kappa shape index (κ1) is 16.9. The summed E-state index contributed by atoms with van der Waals surface area (Å²) in [5.74, 6) is 0.444. The number of amides is 1. The molecule has 10 heteroatoms. The van der Waals surface area contributed by atoms with E-state index in [-0.39, 0.29) is 28.3 Å². The van der Waals surface area contributed by atoms with Crippen molar-refractivity contribution in [3.05, 3.63) is 39.7 Å². The average molecular weight is 364 g/mol. The van der Waals surface area contributed by atoms with Crippen molar-refractivity contribution < 1.29 is 14.5 Å². The Morgan fingerprint density at radius 2 is 2.20 bits per heavy atom. The number of nitro groups is 1. The van der Waals surface area contributed by atoms with E-state index in [4.69, 9.17) is 16.3 Å². The van der Waals surface area contributed by atoms with Crippen LogP contribution in [-0.4, -0.2) is 27.8 Å². The first-order valence-corrected chi connectivity index (χ1v) is 7.82. The summed E-state index contributed by atoms with van der Waals surface area (Å²) in [5.41, 5.74) is 0.0560. The van der Waals surface area contributed by atoms with Gasteiger partial charge in [0.05, 0.1) is 0 Å². The second-order valence-electron chi connectivity index (χ2n) is 5.38. The van der Waals surface area contributed by atoms with Crippen LogP contribution in [0, 0.1) is 16.0 Å². The fourth-order valence-corrected chi connectivity index (χ4v) is 2.40. The molecule has 2 aromatic heterocycles. The van der Waals surface area contributed by atoms with Crippen molar-refractivity contribution in [2.24, 2.45) is 5.92 Å². The van der Waals surface area contributed by atoms with Crippen LogP contribution in [0.1, 0.15) is 12.8 Å².